The minimum Gasteiger partial charge on any atom is -0.502 e. The lowest BCUT2D eigenvalue weighted by Gasteiger charge is -2.06. The molecule has 0 fully saturated rings. The zero-order valence-electron chi connectivity index (χ0n) is 9.21. The standard InChI is InChI=1S/C12H13BrFNO2/c1-2-17-8-4-7-15-12(16)9-5-3-6-10(13)11(9)14/h2-3,5-6H,1,4,7-8H2,(H,15,16). The molecule has 0 saturated carbocycles. The van der Waals surface area contributed by atoms with Gasteiger partial charge in [0, 0.05) is 6.54 Å². The molecule has 92 valence electrons. The lowest BCUT2D eigenvalue weighted by Crippen LogP contribution is -2.26. The number of carbonyl (C=O) groups is 1. The van der Waals surface area contributed by atoms with Gasteiger partial charge in [0.05, 0.1) is 22.9 Å². The van der Waals surface area contributed by atoms with Crippen molar-refractivity contribution in [2.24, 2.45) is 0 Å². The van der Waals surface area contributed by atoms with Gasteiger partial charge in [-0.15, -0.1) is 0 Å². The molecule has 0 aliphatic rings. The smallest absolute Gasteiger partial charge is 0.254 e. The molecule has 3 nitrogen and oxygen atoms in total. The van der Waals surface area contributed by atoms with E-state index in [1.54, 1.807) is 12.1 Å². The van der Waals surface area contributed by atoms with Gasteiger partial charge in [0.15, 0.2) is 0 Å². The number of halogens is 2. The van der Waals surface area contributed by atoms with Gasteiger partial charge in [0.2, 0.25) is 0 Å². The molecule has 0 bridgehead atoms. The van der Waals surface area contributed by atoms with Gasteiger partial charge in [0.25, 0.3) is 5.91 Å². The van der Waals surface area contributed by atoms with Crippen molar-refractivity contribution in [2.75, 3.05) is 13.2 Å². The maximum atomic E-state index is 13.5. The molecule has 0 spiro atoms. The molecular formula is C12H13BrFNO2. The highest BCUT2D eigenvalue weighted by Gasteiger charge is 2.12. The maximum Gasteiger partial charge on any atom is 0.254 e. The molecule has 0 heterocycles. The van der Waals surface area contributed by atoms with Crippen LogP contribution in [0.5, 0.6) is 0 Å². The van der Waals surface area contributed by atoms with Crippen LogP contribution in [0.4, 0.5) is 4.39 Å². The Hall–Kier alpha value is -1.36. The van der Waals surface area contributed by atoms with Crippen LogP contribution in [0.1, 0.15) is 16.8 Å². The van der Waals surface area contributed by atoms with Crippen molar-refractivity contribution < 1.29 is 13.9 Å². The van der Waals surface area contributed by atoms with Crippen LogP contribution in [-0.4, -0.2) is 19.1 Å². The number of carbonyl (C=O) groups excluding carboxylic acids is 1. The van der Waals surface area contributed by atoms with Crippen LogP contribution in [-0.2, 0) is 4.74 Å². The molecule has 5 heteroatoms. The first kappa shape index (κ1) is 13.7. The summed E-state index contributed by atoms with van der Waals surface area (Å²) in [5.74, 6) is -0.977. The van der Waals surface area contributed by atoms with E-state index in [9.17, 15) is 9.18 Å². The van der Waals surface area contributed by atoms with Gasteiger partial charge in [-0.25, -0.2) is 4.39 Å². The minimum absolute atomic E-state index is 0.0315. The maximum absolute atomic E-state index is 13.5. The Bertz CT molecular complexity index is 409. The number of nitrogens with one attached hydrogen (secondary N) is 1. The lowest BCUT2D eigenvalue weighted by atomic mass is 10.2. The summed E-state index contributed by atoms with van der Waals surface area (Å²) in [7, 11) is 0. The van der Waals surface area contributed by atoms with Gasteiger partial charge in [-0.3, -0.25) is 4.79 Å². The Kier molecular flexibility index (Phi) is 5.69. The molecule has 0 atom stereocenters. The summed E-state index contributed by atoms with van der Waals surface area (Å²) in [5.41, 5.74) is 0.0315. The Morgan fingerprint density at radius 1 is 1.59 bits per heavy atom. The number of amides is 1. The molecule has 1 aromatic rings. The van der Waals surface area contributed by atoms with Crippen LogP contribution >= 0.6 is 15.9 Å². The largest absolute Gasteiger partial charge is 0.502 e. The number of hydrogen-bond donors (Lipinski definition) is 1. The molecule has 17 heavy (non-hydrogen) atoms. The molecule has 1 N–H and O–H groups in total. The second-order valence-electron chi connectivity index (χ2n) is 3.25. The summed E-state index contributed by atoms with van der Waals surface area (Å²) < 4.78 is 18.7. The van der Waals surface area contributed by atoms with Gasteiger partial charge in [0.1, 0.15) is 5.82 Å². The van der Waals surface area contributed by atoms with E-state index in [1.807, 2.05) is 0 Å². The monoisotopic (exact) mass is 301 g/mol. The number of ether oxygens (including phenoxy) is 1. The van der Waals surface area contributed by atoms with E-state index in [2.05, 4.69) is 27.8 Å². The van der Waals surface area contributed by atoms with Crippen LogP contribution in [0, 0.1) is 5.82 Å². The molecule has 0 aromatic heterocycles. The zero-order chi connectivity index (χ0) is 12.7. The summed E-state index contributed by atoms with van der Waals surface area (Å²) in [6.07, 6.45) is 1.99. The van der Waals surface area contributed by atoms with E-state index in [-0.39, 0.29) is 10.0 Å². The normalized spacial score (nSPS) is 9.76. The number of benzene rings is 1. The highest BCUT2D eigenvalue weighted by Crippen LogP contribution is 2.18. The van der Waals surface area contributed by atoms with E-state index >= 15 is 0 Å². The average molecular weight is 302 g/mol. The molecule has 0 saturated heterocycles. The molecule has 0 aliphatic heterocycles. The molecule has 0 unspecified atom stereocenters. The van der Waals surface area contributed by atoms with Crippen molar-refractivity contribution in [3.05, 3.63) is 46.9 Å². The van der Waals surface area contributed by atoms with Crippen LogP contribution in [0.2, 0.25) is 0 Å². The predicted octanol–water partition coefficient (Wildman–Crippen LogP) is 2.87. The fraction of sp³-hybridized carbons (Fsp3) is 0.250. The Balaban J connectivity index is 2.47. The molecular weight excluding hydrogens is 289 g/mol. The highest BCUT2D eigenvalue weighted by atomic mass is 79.9. The third-order valence-corrected chi connectivity index (χ3v) is 2.65. The van der Waals surface area contributed by atoms with Gasteiger partial charge in [-0.2, -0.15) is 0 Å². The van der Waals surface area contributed by atoms with Gasteiger partial charge in [-0.1, -0.05) is 12.6 Å². The van der Waals surface area contributed by atoms with E-state index in [1.165, 1.54) is 12.3 Å². The summed E-state index contributed by atoms with van der Waals surface area (Å²) >= 11 is 3.03. The van der Waals surface area contributed by atoms with Crippen LogP contribution < -0.4 is 5.32 Å². The van der Waals surface area contributed by atoms with E-state index in [0.717, 1.165) is 0 Å². The third kappa shape index (κ3) is 4.19. The van der Waals surface area contributed by atoms with E-state index in [0.29, 0.717) is 19.6 Å². The van der Waals surface area contributed by atoms with Crippen molar-refractivity contribution in [3.63, 3.8) is 0 Å². The Morgan fingerprint density at radius 2 is 2.35 bits per heavy atom. The third-order valence-electron chi connectivity index (χ3n) is 2.04. The van der Waals surface area contributed by atoms with Crippen molar-refractivity contribution in [2.45, 2.75) is 6.42 Å². The van der Waals surface area contributed by atoms with Crippen molar-refractivity contribution in [3.8, 4) is 0 Å². The molecule has 0 radical (unpaired) electrons. The second-order valence-corrected chi connectivity index (χ2v) is 4.10. The predicted molar refractivity (Wildman–Crippen MR) is 67.2 cm³/mol. The first-order chi connectivity index (χ1) is 8.16. The first-order valence-electron chi connectivity index (χ1n) is 5.11. The SMILES string of the molecule is C=COCCCNC(=O)c1cccc(Br)c1F. The topological polar surface area (TPSA) is 38.3 Å². The zero-order valence-corrected chi connectivity index (χ0v) is 10.8. The van der Waals surface area contributed by atoms with Crippen molar-refractivity contribution in [1.29, 1.82) is 0 Å². The minimum atomic E-state index is -0.549. The molecule has 1 rings (SSSR count). The summed E-state index contributed by atoms with van der Waals surface area (Å²) in [6, 6.07) is 4.60. The number of rotatable bonds is 6. The fourth-order valence-corrected chi connectivity index (χ4v) is 1.58. The Morgan fingerprint density at radius 3 is 3.06 bits per heavy atom. The summed E-state index contributed by atoms with van der Waals surface area (Å²) in [4.78, 5) is 11.6. The molecule has 1 aromatic carbocycles. The van der Waals surface area contributed by atoms with Crippen LogP contribution in [0.25, 0.3) is 0 Å². The van der Waals surface area contributed by atoms with Gasteiger partial charge in [-0.05, 0) is 34.5 Å². The first-order valence-corrected chi connectivity index (χ1v) is 5.91. The van der Waals surface area contributed by atoms with E-state index < -0.39 is 11.7 Å². The van der Waals surface area contributed by atoms with Gasteiger partial charge < -0.3 is 10.1 Å². The summed E-state index contributed by atoms with van der Waals surface area (Å²) in [6.45, 7) is 4.30. The second kappa shape index (κ2) is 7.06. The molecule has 1 amide bonds. The fourth-order valence-electron chi connectivity index (χ4n) is 1.22. The highest BCUT2D eigenvalue weighted by molar-refractivity contribution is 9.10. The van der Waals surface area contributed by atoms with Crippen LogP contribution in [0.15, 0.2) is 35.5 Å². The van der Waals surface area contributed by atoms with Gasteiger partial charge >= 0.3 is 0 Å². The summed E-state index contributed by atoms with van der Waals surface area (Å²) in [5, 5.41) is 2.61. The average Bonchev–Trinajstić information content (AvgIpc) is 2.32. The molecule has 0 aliphatic carbocycles. The lowest BCUT2D eigenvalue weighted by molar-refractivity contribution is 0.0946. The quantitative estimate of drug-likeness (QED) is 0.648. The Labute approximate surface area is 108 Å². The number of hydrogen-bond acceptors (Lipinski definition) is 2. The van der Waals surface area contributed by atoms with Crippen molar-refractivity contribution >= 4 is 21.8 Å². The van der Waals surface area contributed by atoms with E-state index in [4.69, 9.17) is 4.74 Å². The van der Waals surface area contributed by atoms with Crippen LogP contribution in [0.3, 0.4) is 0 Å². The van der Waals surface area contributed by atoms with Crippen molar-refractivity contribution in [1.82, 2.24) is 5.32 Å².